The molecule has 5 heteroatoms. The van der Waals surface area contributed by atoms with Crippen molar-refractivity contribution in [1.82, 2.24) is 10.6 Å². The molecule has 0 saturated heterocycles. The number of fused-ring (bicyclic) bond motifs is 1. The van der Waals surface area contributed by atoms with Gasteiger partial charge in [-0.2, -0.15) is 0 Å². The zero-order chi connectivity index (χ0) is 16.2. The second-order valence-electron chi connectivity index (χ2n) is 6.06. The molecule has 1 aliphatic rings. The van der Waals surface area contributed by atoms with Crippen molar-refractivity contribution in [3.8, 4) is 5.75 Å². The maximum absolute atomic E-state index is 12.3. The van der Waals surface area contributed by atoms with Gasteiger partial charge in [0.2, 0.25) is 0 Å². The standard InChI is InChI=1S/C18H24N2O3/c1-3-9-19-11-12-7-8-15(22-2)17-14(12)10-16(23-17)18(21)20-13-5-4-6-13/h7-8,10,13,19H,3-6,9,11H2,1-2H3,(H,20,21). The van der Waals surface area contributed by atoms with Crippen LogP contribution in [0.1, 0.15) is 48.7 Å². The molecule has 0 spiro atoms. The third-order valence-electron chi connectivity index (χ3n) is 4.36. The lowest BCUT2D eigenvalue weighted by molar-refractivity contribution is 0.0890. The number of ether oxygens (including phenoxy) is 1. The van der Waals surface area contributed by atoms with Crippen molar-refractivity contribution in [3.63, 3.8) is 0 Å². The van der Waals surface area contributed by atoms with E-state index in [0.717, 1.165) is 43.3 Å². The SMILES string of the molecule is CCCNCc1ccc(OC)c2oc(C(=O)NC3CCC3)cc12. The van der Waals surface area contributed by atoms with Gasteiger partial charge in [0.1, 0.15) is 0 Å². The van der Waals surface area contributed by atoms with Gasteiger partial charge < -0.3 is 19.8 Å². The Kier molecular flexibility index (Phi) is 4.86. The lowest BCUT2D eigenvalue weighted by Crippen LogP contribution is -2.39. The summed E-state index contributed by atoms with van der Waals surface area (Å²) >= 11 is 0. The fourth-order valence-electron chi connectivity index (χ4n) is 2.79. The zero-order valence-electron chi connectivity index (χ0n) is 13.8. The number of carbonyl (C=O) groups is 1. The molecule has 1 aliphatic carbocycles. The predicted molar refractivity (Wildman–Crippen MR) is 89.9 cm³/mol. The monoisotopic (exact) mass is 316 g/mol. The van der Waals surface area contributed by atoms with E-state index in [4.69, 9.17) is 9.15 Å². The molecule has 2 N–H and O–H groups in total. The van der Waals surface area contributed by atoms with Gasteiger partial charge in [0.05, 0.1) is 7.11 Å². The van der Waals surface area contributed by atoms with Crippen molar-refractivity contribution in [2.24, 2.45) is 0 Å². The number of rotatable bonds is 7. The van der Waals surface area contributed by atoms with Crippen LogP contribution < -0.4 is 15.4 Å². The molecule has 1 aromatic heterocycles. The summed E-state index contributed by atoms with van der Waals surface area (Å²) in [6.07, 6.45) is 4.38. The second-order valence-corrected chi connectivity index (χ2v) is 6.06. The quantitative estimate of drug-likeness (QED) is 0.770. The number of hydrogen-bond acceptors (Lipinski definition) is 4. The fraction of sp³-hybridized carbons (Fsp3) is 0.500. The first-order valence-electron chi connectivity index (χ1n) is 8.34. The third-order valence-corrected chi connectivity index (χ3v) is 4.36. The van der Waals surface area contributed by atoms with Gasteiger partial charge in [-0.15, -0.1) is 0 Å². The Hall–Kier alpha value is -2.01. The van der Waals surface area contributed by atoms with E-state index in [1.54, 1.807) is 7.11 Å². The molecule has 1 aromatic carbocycles. The lowest BCUT2D eigenvalue weighted by Gasteiger charge is -2.25. The average molecular weight is 316 g/mol. The Bertz CT molecular complexity index is 689. The van der Waals surface area contributed by atoms with Gasteiger partial charge in [-0.05, 0) is 49.9 Å². The molecule has 3 rings (SSSR count). The van der Waals surface area contributed by atoms with Crippen LogP contribution in [0, 0.1) is 0 Å². The highest BCUT2D eigenvalue weighted by Crippen LogP contribution is 2.32. The van der Waals surface area contributed by atoms with Gasteiger partial charge >= 0.3 is 0 Å². The molecule has 1 heterocycles. The minimum atomic E-state index is -0.138. The summed E-state index contributed by atoms with van der Waals surface area (Å²) < 4.78 is 11.2. The van der Waals surface area contributed by atoms with Gasteiger partial charge in [-0.3, -0.25) is 4.79 Å². The van der Waals surface area contributed by atoms with Crippen molar-refractivity contribution in [3.05, 3.63) is 29.5 Å². The van der Waals surface area contributed by atoms with Crippen LogP contribution in [0.5, 0.6) is 5.75 Å². The van der Waals surface area contributed by atoms with Crippen LogP contribution in [0.2, 0.25) is 0 Å². The minimum absolute atomic E-state index is 0.138. The molecular weight excluding hydrogens is 292 g/mol. The molecule has 0 unspecified atom stereocenters. The molecule has 1 saturated carbocycles. The van der Waals surface area contributed by atoms with Crippen LogP contribution in [0.3, 0.4) is 0 Å². The van der Waals surface area contributed by atoms with E-state index in [1.165, 1.54) is 6.42 Å². The summed E-state index contributed by atoms with van der Waals surface area (Å²) in [5, 5.41) is 7.34. The molecule has 0 atom stereocenters. The molecular formula is C18H24N2O3. The Balaban J connectivity index is 1.88. The second kappa shape index (κ2) is 7.04. The molecule has 1 amide bonds. The first-order chi connectivity index (χ1) is 11.2. The number of nitrogens with one attached hydrogen (secondary N) is 2. The van der Waals surface area contributed by atoms with Gasteiger partial charge in [-0.1, -0.05) is 13.0 Å². The van der Waals surface area contributed by atoms with E-state index in [1.807, 2.05) is 18.2 Å². The number of amides is 1. The average Bonchev–Trinajstić information content (AvgIpc) is 2.96. The molecule has 2 aromatic rings. The Labute approximate surface area is 136 Å². The highest BCUT2D eigenvalue weighted by Gasteiger charge is 2.23. The number of benzene rings is 1. The van der Waals surface area contributed by atoms with Gasteiger partial charge in [-0.25, -0.2) is 0 Å². The van der Waals surface area contributed by atoms with Crippen LogP contribution in [-0.4, -0.2) is 25.6 Å². The fourth-order valence-corrected chi connectivity index (χ4v) is 2.79. The van der Waals surface area contributed by atoms with Crippen LogP contribution in [0.4, 0.5) is 0 Å². The van der Waals surface area contributed by atoms with Gasteiger partial charge in [0.25, 0.3) is 5.91 Å². The van der Waals surface area contributed by atoms with Crippen LogP contribution in [-0.2, 0) is 6.54 Å². The summed E-state index contributed by atoms with van der Waals surface area (Å²) in [7, 11) is 1.61. The molecule has 0 bridgehead atoms. The van der Waals surface area contributed by atoms with E-state index in [0.29, 0.717) is 23.1 Å². The smallest absolute Gasteiger partial charge is 0.287 e. The normalized spacial score (nSPS) is 14.7. The number of hydrogen-bond donors (Lipinski definition) is 2. The topological polar surface area (TPSA) is 63.5 Å². The van der Waals surface area contributed by atoms with E-state index in [-0.39, 0.29) is 5.91 Å². The van der Waals surface area contributed by atoms with Crippen LogP contribution >= 0.6 is 0 Å². The van der Waals surface area contributed by atoms with Gasteiger partial charge in [0, 0.05) is 18.0 Å². The van der Waals surface area contributed by atoms with Crippen molar-refractivity contribution in [2.45, 2.75) is 45.2 Å². The molecule has 23 heavy (non-hydrogen) atoms. The zero-order valence-corrected chi connectivity index (χ0v) is 13.8. The summed E-state index contributed by atoms with van der Waals surface area (Å²) in [5.41, 5.74) is 1.75. The summed E-state index contributed by atoms with van der Waals surface area (Å²) in [4.78, 5) is 12.3. The van der Waals surface area contributed by atoms with Crippen LogP contribution in [0.25, 0.3) is 11.0 Å². The first kappa shape index (κ1) is 15.9. The van der Waals surface area contributed by atoms with Crippen molar-refractivity contribution in [2.75, 3.05) is 13.7 Å². The highest BCUT2D eigenvalue weighted by atomic mass is 16.5. The van der Waals surface area contributed by atoms with Gasteiger partial charge in [0.15, 0.2) is 17.1 Å². The maximum Gasteiger partial charge on any atom is 0.287 e. The highest BCUT2D eigenvalue weighted by molar-refractivity contribution is 5.98. The van der Waals surface area contributed by atoms with Crippen molar-refractivity contribution >= 4 is 16.9 Å². The Morgan fingerprint density at radius 1 is 1.39 bits per heavy atom. The molecule has 0 aliphatic heterocycles. The van der Waals surface area contributed by atoms with Crippen molar-refractivity contribution < 1.29 is 13.9 Å². The number of carbonyl (C=O) groups excluding carboxylic acids is 1. The lowest BCUT2D eigenvalue weighted by atomic mass is 9.93. The molecule has 0 radical (unpaired) electrons. The van der Waals surface area contributed by atoms with E-state index >= 15 is 0 Å². The first-order valence-corrected chi connectivity index (χ1v) is 8.34. The minimum Gasteiger partial charge on any atom is -0.493 e. The number of furan rings is 1. The Morgan fingerprint density at radius 2 is 2.22 bits per heavy atom. The van der Waals surface area contributed by atoms with E-state index in [9.17, 15) is 4.79 Å². The maximum atomic E-state index is 12.3. The van der Waals surface area contributed by atoms with Crippen molar-refractivity contribution in [1.29, 1.82) is 0 Å². The largest absolute Gasteiger partial charge is 0.493 e. The third kappa shape index (κ3) is 3.34. The molecule has 124 valence electrons. The van der Waals surface area contributed by atoms with E-state index < -0.39 is 0 Å². The summed E-state index contributed by atoms with van der Waals surface area (Å²) in [6.45, 7) is 3.84. The van der Waals surface area contributed by atoms with Crippen LogP contribution in [0.15, 0.2) is 22.6 Å². The molecule has 5 nitrogen and oxygen atoms in total. The van der Waals surface area contributed by atoms with E-state index in [2.05, 4.69) is 17.6 Å². The predicted octanol–water partition coefficient (Wildman–Crippen LogP) is 3.22. The summed E-state index contributed by atoms with van der Waals surface area (Å²) in [5.74, 6) is 0.871. The summed E-state index contributed by atoms with van der Waals surface area (Å²) in [6, 6.07) is 6.03. The Morgan fingerprint density at radius 3 is 2.87 bits per heavy atom. The molecule has 1 fully saturated rings. The number of methoxy groups -OCH3 is 1.